The number of nitrogens with two attached hydrogens (primary N) is 1. The summed E-state index contributed by atoms with van der Waals surface area (Å²) >= 11 is 5.90. The van der Waals surface area contributed by atoms with Gasteiger partial charge in [0.05, 0.1) is 6.04 Å². The predicted molar refractivity (Wildman–Crippen MR) is 87.6 cm³/mol. The molecule has 3 nitrogen and oxygen atoms in total. The fourth-order valence-electron chi connectivity index (χ4n) is 2.20. The van der Waals surface area contributed by atoms with Gasteiger partial charge in [-0.05, 0) is 49.2 Å². The fourth-order valence-corrected chi connectivity index (χ4v) is 2.33. The third-order valence-electron chi connectivity index (χ3n) is 3.75. The molecule has 0 aromatic heterocycles. The first-order valence-electron chi connectivity index (χ1n) is 6.79. The molecule has 0 heterocycles. The van der Waals surface area contributed by atoms with E-state index in [0.29, 0.717) is 16.3 Å². The van der Waals surface area contributed by atoms with Gasteiger partial charge in [-0.15, -0.1) is 0 Å². The van der Waals surface area contributed by atoms with Gasteiger partial charge in [0.15, 0.2) is 0 Å². The average Bonchev–Trinajstić information content (AvgIpc) is 2.48. The first kappa shape index (κ1) is 15.4. The number of hydrogen-bond donors (Lipinski definition) is 1. The zero-order valence-corrected chi connectivity index (χ0v) is 13.2. The Morgan fingerprint density at radius 3 is 2.43 bits per heavy atom. The van der Waals surface area contributed by atoms with Crippen molar-refractivity contribution in [1.29, 1.82) is 0 Å². The van der Waals surface area contributed by atoms with Crippen LogP contribution in [0.2, 0.25) is 5.02 Å². The van der Waals surface area contributed by atoms with Crippen LogP contribution >= 0.6 is 11.6 Å². The summed E-state index contributed by atoms with van der Waals surface area (Å²) in [6, 6.07) is 12.9. The summed E-state index contributed by atoms with van der Waals surface area (Å²) in [5.41, 5.74) is 8.97. The van der Waals surface area contributed by atoms with Crippen LogP contribution in [-0.2, 0) is 0 Å². The molecule has 0 radical (unpaired) electrons. The molecule has 2 rings (SSSR count). The van der Waals surface area contributed by atoms with E-state index in [1.54, 1.807) is 24.1 Å². The molecule has 1 amide bonds. The van der Waals surface area contributed by atoms with Crippen LogP contribution in [0, 0.1) is 6.92 Å². The van der Waals surface area contributed by atoms with Gasteiger partial charge in [-0.2, -0.15) is 0 Å². The maximum atomic E-state index is 12.6. The highest BCUT2D eigenvalue weighted by atomic mass is 35.5. The van der Waals surface area contributed by atoms with Crippen molar-refractivity contribution in [2.75, 3.05) is 12.8 Å². The predicted octanol–water partition coefficient (Wildman–Crippen LogP) is 4.06. The maximum absolute atomic E-state index is 12.6. The summed E-state index contributed by atoms with van der Waals surface area (Å²) in [4.78, 5) is 14.4. The molecule has 1 unspecified atom stereocenters. The van der Waals surface area contributed by atoms with Gasteiger partial charge in [0.2, 0.25) is 0 Å². The minimum atomic E-state index is -0.0457. The topological polar surface area (TPSA) is 46.3 Å². The number of nitrogen functional groups attached to an aromatic ring is 1. The van der Waals surface area contributed by atoms with E-state index in [1.807, 2.05) is 44.2 Å². The van der Waals surface area contributed by atoms with Crippen molar-refractivity contribution in [3.05, 3.63) is 64.2 Å². The third kappa shape index (κ3) is 3.37. The minimum Gasteiger partial charge on any atom is -0.399 e. The van der Waals surface area contributed by atoms with Crippen molar-refractivity contribution in [3.63, 3.8) is 0 Å². The fraction of sp³-hybridized carbons (Fsp3) is 0.235. The lowest BCUT2D eigenvalue weighted by Crippen LogP contribution is -2.30. The lowest BCUT2D eigenvalue weighted by molar-refractivity contribution is 0.0742. The number of carbonyl (C=O) groups excluding carboxylic acids is 1. The minimum absolute atomic E-state index is 0.0396. The van der Waals surface area contributed by atoms with Crippen LogP contribution < -0.4 is 5.73 Å². The Bertz CT molecular complexity index is 652. The van der Waals surface area contributed by atoms with Gasteiger partial charge in [-0.3, -0.25) is 4.79 Å². The van der Waals surface area contributed by atoms with Gasteiger partial charge in [-0.25, -0.2) is 0 Å². The zero-order chi connectivity index (χ0) is 15.6. The Morgan fingerprint density at radius 1 is 1.19 bits per heavy atom. The Balaban J connectivity index is 2.26. The molecule has 110 valence electrons. The molecular weight excluding hydrogens is 284 g/mol. The van der Waals surface area contributed by atoms with E-state index in [2.05, 4.69) is 0 Å². The van der Waals surface area contributed by atoms with Crippen molar-refractivity contribution < 1.29 is 4.79 Å². The molecule has 0 aliphatic rings. The average molecular weight is 303 g/mol. The van der Waals surface area contributed by atoms with Gasteiger partial charge in [0.1, 0.15) is 0 Å². The number of aryl methyl sites for hydroxylation is 1. The van der Waals surface area contributed by atoms with Gasteiger partial charge in [0.25, 0.3) is 5.91 Å². The van der Waals surface area contributed by atoms with Gasteiger partial charge in [0, 0.05) is 23.3 Å². The van der Waals surface area contributed by atoms with Crippen molar-refractivity contribution >= 4 is 23.2 Å². The van der Waals surface area contributed by atoms with Crippen LogP contribution in [0.5, 0.6) is 0 Å². The molecule has 0 saturated carbocycles. The molecule has 0 aliphatic carbocycles. The Labute approximate surface area is 130 Å². The van der Waals surface area contributed by atoms with Crippen molar-refractivity contribution in [3.8, 4) is 0 Å². The summed E-state index contributed by atoms with van der Waals surface area (Å²) in [6.45, 7) is 3.90. The van der Waals surface area contributed by atoms with Gasteiger partial charge >= 0.3 is 0 Å². The molecule has 2 N–H and O–H groups in total. The second kappa shape index (κ2) is 6.19. The molecule has 0 spiro atoms. The van der Waals surface area contributed by atoms with Crippen LogP contribution in [-0.4, -0.2) is 17.9 Å². The van der Waals surface area contributed by atoms with Crippen molar-refractivity contribution in [2.45, 2.75) is 19.9 Å². The number of amides is 1. The molecule has 21 heavy (non-hydrogen) atoms. The smallest absolute Gasteiger partial charge is 0.254 e. The molecule has 4 heteroatoms. The van der Waals surface area contributed by atoms with Crippen LogP contribution in [0.1, 0.15) is 34.5 Å². The normalized spacial score (nSPS) is 12.0. The summed E-state index contributed by atoms with van der Waals surface area (Å²) in [5.74, 6) is -0.0396. The van der Waals surface area contributed by atoms with Crippen LogP contribution in [0.15, 0.2) is 42.5 Å². The molecule has 1 atom stereocenters. The molecule has 2 aromatic carbocycles. The highest BCUT2D eigenvalue weighted by Crippen LogP contribution is 2.24. The highest BCUT2D eigenvalue weighted by Gasteiger charge is 2.20. The number of benzene rings is 2. The van der Waals surface area contributed by atoms with E-state index in [1.165, 1.54) is 0 Å². The van der Waals surface area contributed by atoms with Crippen molar-refractivity contribution in [1.82, 2.24) is 4.90 Å². The molecule has 0 bridgehead atoms. The molecule has 2 aromatic rings. The van der Waals surface area contributed by atoms with Gasteiger partial charge < -0.3 is 10.6 Å². The molecular formula is C17H19ClN2O. The molecule has 0 aliphatic heterocycles. The van der Waals surface area contributed by atoms with E-state index < -0.39 is 0 Å². The van der Waals surface area contributed by atoms with Crippen molar-refractivity contribution in [2.24, 2.45) is 0 Å². The number of halogens is 1. The summed E-state index contributed by atoms with van der Waals surface area (Å²) in [5, 5.41) is 0.687. The second-order valence-corrected chi connectivity index (χ2v) is 5.65. The van der Waals surface area contributed by atoms with E-state index in [9.17, 15) is 4.79 Å². The Kier molecular flexibility index (Phi) is 4.53. The second-order valence-electron chi connectivity index (χ2n) is 5.22. The van der Waals surface area contributed by atoms with Gasteiger partial charge in [-0.1, -0.05) is 29.8 Å². The monoisotopic (exact) mass is 302 g/mol. The zero-order valence-electron chi connectivity index (χ0n) is 12.4. The first-order chi connectivity index (χ1) is 9.90. The van der Waals surface area contributed by atoms with E-state index >= 15 is 0 Å². The number of nitrogens with zero attached hydrogens (tertiary/aromatic N) is 1. The standard InChI is InChI=1S/C17H19ClN2O/c1-11-4-9-15(19)10-16(11)17(21)20(3)12(2)13-5-7-14(18)8-6-13/h4-10,12H,19H2,1-3H3. The lowest BCUT2D eigenvalue weighted by Gasteiger charge is -2.26. The number of carbonyl (C=O) groups is 1. The maximum Gasteiger partial charge on any atom is 0.254 e. The Morgan fingerprint density at radius 2 is 1.81 bits per heavy atom. The molecule has 0 fully saturated rings. The van der Waals surface area contributed by atoms with E-state index in [4.69, 9.17) is 17.3 Å². The highest BCUT2D eigenvalue weighted by molar-refractivity contribution is 6.30. The summed E-state index contributed by atoms with van der Waals surface area (Å²) in [7, 11) is 1.80. The van der Waals surface area contributed by atoms with Crippen LogP contribution in [0.3, 0.4) is 0 Å². The third-order valence-corrected chi connectivity index (χ3v) is 4.00. The summed E-state index contributed by atoms with van der Waals surface area (Å²) in [6.07, 6.45) is 0. The Hall–Kier alpha value is -2.00. The van der Waals surface area contributed by atoms with E-state index in [0.717, 1.165) is 11.1 Å². The quantitative estimate of drug-likeness (QED) is 0.869. The number of hydrogen-bond acceptors (Lipinski definition) is 2. The first-order valence-corrected chi connectivity index (χ1v) is 7.16. The largest absolute Gasteiger partial charge is 0.399 e. The van der Waals surface area contributed by atoms with E-state index in [-0.39, 0.29) is 11.9 Å². The summed E-state index contributed by atoms with van der Waals surface area (Å²) < 4.78 is 0. The van der Waals surface area contributed by atoms with Crippen LogP contribution in [0.4, 0.5) is 5.69 Å². The van der Waals surface area contributed by atoms with Crippen LogP contribution in [0.25, 0.3) is 0 Å². The lowest BCUT2D eigenvalue weighted by atomic mass is 10.0. The molecule has 0 saturated heterocycles. The SMILES string of the molecule is Cc1ccc(N)cc1C(=O)N(C)C(C)c1ccc(Cl)cc1. The number of rotatable bonds is 3. The number of anilines is 1.